The Kier molecular flexibility index (Phi) is 6.71. The highest BCUT2D eigenvalue weighted by molar-refractivity contribution is 14.0. The molecule has 0 aromatic carbocycles. The van der Waals surface area contributed by atoms with Crippen LogP contribution in [0.3, 0.4) is 0 Å². The molecule has 0 bridgehead atoms. The van der Waals surface area contributed by atoms with Crippen molar-refractivity contribution >= 4 is 46.2 Å². The lowest BCUT2D eigenvalue weighted by atomic mass is 10.1. The fraction of sp³-hybridized carbons (Fsp3) is 0.471. The third-order valence-corrected chi connectivity index (χ3v) is 5.10. The predicted molar refractivity (Wildman–Crippen MR) is 117 cm³/mol. The van der Waals surface area contributed by atoms with Crippen molar-refractivity contribution in [2.45, 2.75) is 19.6 Å². The molecule has 0 amide bonds. The van der Waals surface area contributed by atoms with Crippen molar-refractivity contribution in [2.24, 2.45) is 12.0 Å². The van der Waals surface area contributed by atoms with Crippen molar-refractivity contribution < 1.29 is 4.74 Å². The van der Waals surface area contributed by atoms with E-state index in [1.165, 1.54) is 0 Å². The van der Waals surface area contributed by atoms with E-state index in [-0.39, 0.29) is 30.1 Å². The third-order valence-electron chi connectivity index (χ3n) is 4.33. The van der Waals surface area contributed by atoms with E-state index >= 15 is 0 Å². The minimum atomic E-state index is 0. The Labute approximate surface area is 179 Å². The molecule has 27 heavy (non-hydrogen) atoms. The van der Waals surface area contributed by atoms with E-state index < -0.39 is 0 Å². The molecule has 4 rings (SSSR count). The van der Waals surface area contributed by atoms with E-state index in [4.69, 9.17) is 9.73 Å². The van der Waals surface area contributed by atoms with Crippen LogP contribution in [-0.4, -0.2) is 56.3 Å². The van der Waals surface area contributed by atoms with Crippen molar-refractivity contribution in [3.63, 3.8) is 0 Å². The average Bonchev–Trinajstić information content (AvgIpc) is 3.35. The van der Waals surface area contributed by atoms with Crippen LogP contribution in [-0.2, 0) is 18.3 Å². The Morgan fingerprint density at radius 1 is 1.44 bits per heavy atom. The van der Waals surface area contributed by atoms with E-state index in [0.717, 1.165) is 41.8 Å². The average molecular weight is 501 g/mol. The third kappa shape index (κ3) is 4.61. The highest BCUT2D eigenvalue weighted by Gasteiger charge is 2.25. The fourth-order valence-corrected chi connectivity index (χ4v) is 3.80. The van der Waals surface area contributed by atoms with E-state index in [0.29, 0.717) is 13.2 Å². The molecule has 1 fully saturated rings. The van der Waals surface area contributed by atoms with Gasteiger partial charge in [-0.25, -0.2) is 9.98 Å². The lowest BCUT2D eigenvalue weighted by Gasteiger charge is -2.34. The minimum absolute atomic E-state index is 0. The zero-order valence-corrected chi connectivity index (χ0v) is 18.6. The highest BCUT2D eigenvalue weighted by atomic mass is 127. The minimum Gasteiger partial charge on any atom is -0.370 e. The first-order valence-electron chi connectivity index (χ1n) is 8.77. The summed E-state index contributed by atoms with van der Waals surface area (Å²) < 4.78 is 9.78. The predicted octanol–water partition coefficient (Wildman–Crippen LogP) is 2.29. The van der Waals surface area contributed by atoms with Gasteiger partial charge in [-0.05, 0) is 6.92 Å². The van der Waals surface area contributed by atoms with Gasteiger partial charge >= 0.3 is 0 Å². The highest BCUT2D eigenvalue weighted by Crippen LogP contribution is 2.21. The van der Waals surface area contributed by atoms with Crippen LogP contribution in [0, 0.1) is 0 Å². The van der Waals surface area contributed by atoms with Crippen LogP contribution in [0.15, 0.2) is 35.2 Å². The standard InChI is InChI=1S/C17H23N7OS.HI/c1-3-18-16(19-9-14-11-24-5-7-26-17(24)21-14)23-4-6-25-15(12-23)13-8-20-22(2)10-13;/h5,7-8,10-11,15H,3-4,6,9,12H2,1-2H3,(H,18,19);1H. The maximum Gasteiger partial charge on any atom is 0.194 e. The lowest BCUT2D eigenvalue weighted by Crippen LogP contribution is -2.48. The number of guanidine groups is 1. The van der Waals surface area contributed by atoms with E-state index in [9.17, 15) is 0 Å². The molecular weight excluding hydrogens is 477 g/mol. The van der Waals surface area contributed by atoms with Gasteiger partial charge in [0.2, 0.25) is 0 Å². The number of halogens is 1. The van der Waals surface area contributed by atoms with Gasteiger partial charge in [-0.1, -0.05) is 0 Å². The molecule has 1 saturated heterocycles. The largest absolute Gasteiger partial charge is 0.370 e. The Hall–Kier alpha value is -1.66. The summed E-state index contributed by atoms with van der Waals surface area (Å²) in [7, 11) is 1.92. The molecule has 1 N–H and O–H groups in total. The number of morpholine rings is 1. The van der Waals surface area contributed by atoms with E-state index in [1.54, 1.807) is 16.0 Å². The maximum absolute atomic E-state index is 5.94. The molecule has 3 aromatic heterocycles. The van der Waals surface area contributed by atoms with Gasteiger partial charge in [0.15, 0.2) is 10.9 Å². The van der Waals surface area contributed by atoms with Crippen molar-refractivity contribution in [1.29, 1.82) is 0 Å². The fourth-order valence-electron chi connectivity index (χ4n) is 3.08. The van der Waals surface area contributed by atoms with Gasteiger partial charge in [-0.3, -0.25) is 9.08 Å². The number of hydrogen-bond acceptors (Lipinski definition) is 5. The summed E-state index contributed by atoms with van der Waals surface area (Å²) in [5.41, 5.74) is 2.08. The van der Waals surface area contributed by atoms with Gasteiger partial charge < -0.3 is 15.0 Å². The second-order valence-corrected chi connectivity index (χ2v) is 7.12. The number of fused-ring (bicyclic) bond motifs is 1. The van der Waals surface area contributed by atoms with Crippen LogP contribution in [0.4, 0.5) is 0 Å². The SMILES string of the molecule is CCNC(=NCc1cn2ccsc2n1)N1CCOC(c2cnn(C)c2)C1.I. The normalized spacial score (nSPS) is 17.9. The number of nitrogens with zero attached hydrogens (tertiary/aromatic N) is 6. The van der Waals surface area contributed by atoms with Crippen molar-refractivity contribution in [3.8, 4) is 0 Å². The molecule has 0 radical (unpaired) electrons. The van der Waals surface area contributed by atoms with Crippen LogP contribution in [0.2, 0.25) is 0 Å². The summed E-state index contributed by atoms with van der Waals surface area (Å²) in [6.45, 7) is 5.72. The Morgan fingerprint density at radius 3 is 3.07 bits per heavy atom. The Morgan fingerprint density at radius 2 is 2.33 bits per heavy atom. The van der Waals surface area contributed by atoms with Crippen molar-refractivity contribution in [2.75, 3.05) is 26.2 Å². The number of aryl methyl sites for hydroxylation is 1. The van der Waals surface area contributed by atoms with Crippen LogP contribution in [0.25, 0.3) is 4.96 Å². The number of ether oxygens (including phenoxy) is 1. The van der Waals surface area contributed by atoms with Crippen LogP contribution < -0.4 is 5.32 Å². The molecule has 0 spiro atoms. The first kappa shape index (κ1) is 20.1. The number of aliphatic imine (C=N–C) groups is 1. The van der Waals surface area contributed by atoms with Gasteiger partial charge in [-0.2, -0.15) is 5.10 Å². The number of rotatable bonds is 4. The molecule has 1 aliphatic heterocycles. The molecule has 1 aliphatic rings. The molecule has 10 heteroatoms. The number of thiazole rings is 1. The summed E-state index contributed by atoms with van der Waals surface area (Å²) in [5.74, 6) is 0.904. The van der Waals surface area contributed by atoms with Gasteiger partial charge in [0.25, 0.3) is 0 Å². The summed E-state index contributed by atoms with van der Waals surface area (Å²) in [6, 6.07) is 0. The molecule has 0 saturated carbocycles. The number of aromatic nitrogens is 4. The quantitative estimate of drug-likeness (QED) is 0.338. The van der Waals surface area contributed by atoms with Crippen molar-refractivity contribution in [3.05, 3.63) is 41.4 Å². The number of nitrogens with one attached hydrogen (secondary N) is 1. The number of imidazole rings is 1. The van der Waals surface area contributed by atoms with Gasteiger partial charge in [0.05, 0.1) is 31.6 Å². The molecule has 8 nitrogen and oxygen atoms in total. The van der Waals surface area contributed by atoms with Gasteiger partial charge in [0, 0.05) is 49.7 Å². The molecule has 1 atom stereocenters. The molecule has 0 aliphatic carbocycles. The second kappa shape index (κ2) is 9.02. The van der Waals surface area contributed by atoms with Crippen molar-refractivity contribution in [1.82, 2.24) is 29.4 Å². The summed E-state index contributed by atoms with van der Waals surface area (Å²) >= 11 is 1.63. The molecule has 146 valence electrons. The van der Waals surface area contributed by atoms with Gasteiger partial charge in [-0.15, -0.1) is 35.3 Å². The summed E-state index contributed by atoms with van der Waals surface area (Å²) in [4.78, 5) is 12.7. The molecule has 4 heterocycles. The topological polar surface area (TPSA) is 72.0 Å². The zero-order valence-electron chi connectivity index (χ0n) is 15.4. The molecule has 3 aromatic rings. The smallest absolute Gasteiger partial charge is 0.194 e. The molecule has 1 unspecified atom stereocenters. The van der Waals surface area contributed by atoms with Gasteiger partial charge in [0.1, 0.15) is 6.10 Å². The first-order chi connectivity index (χ1) is 12.7. The first-order valence-corrected chi connectivity index (χ1v) is 9.65. The molecular formula is C17H24IN7OS. The van der Waals surface area contributed by atoms with E-state index in [1.807, 2.05) is 41.6 Å². The monoisotopic (exact) mass is 501 g/mol. The van der Waals surface area contributed by atoms with Crippen LogP contribution >= 0.6 is 35.3 Å². The Balaban J connectivity index is 0.00000210. The maximum atomic E-state index is 5.94. The summed E-state index contributed by atoms with van der Waals surface area (Å²) in [5, 5.41) is 9.68. The Bertz CT molecular complexity index is 874. The zero-order chi connectivity index (χ0) is 17.9. The van der Waals surface area contributed by atoms with Crippen LogP contribution in [0.1, 0.15) is 24.3 Å². The van der Waals surface area contributed by atoms with E-state index in [2.05, 4.69) is 27.2 Å². The summed E-state index contributed by atoms with van der Waals surface area (Å²) in [6.07, 6.45) is 7.95. The van der Waals surface area contributed by atoms with Crippen LogP contribution in [0.5, 0.6) is 0 Å². The number of hydrogen-bond donors (Lipinski definition) is 1. The lowest BCUT2D eigenvalue weighted by molar-refractivity contribution is -0.00805. The second-order valence-electron chi connectivity index (χ2n) is 6.25.